The molecule has 0 amide bonds. The topological polar surface area (TPSA) is 29.5 Å². The molecule has 0 saturated heterocycles. The number of aryl methyl sites for hydroxylation is 1. The molecule has 1 heterocycles. The second-order valence-corrected chi connectivity index (χ2v) is 5.08. The van der Waals surface area contributed by atoms with Crippen molar-refractivity contribution in [3.05, 3.63) is 29.3 Å². The van der Waals surface area contributed by atoms with Crippen molar-refractivity contribution in [3.63, 3.8) is 0 Å². The molecule has 0 fully saturated rings. The smallest absolute Gasteiger partial charge is 0.131 e. The Balaban J connectivity index is 1.95. The monoisotopic (exact) mass is 247 g/mol. The zero-order chi connectivity index (χ0) is 13.0. The van der Waals surface area contributed by atoms with Crippen LogP contribution in [0, 0.1) is 0 Å². The number of ketones is 1. The summed E-state index contributed by atoms with van der Waals surface area (Å²) in [4.78, 5) is 13.1. The van der Waals surface area contributed by atoms with Crippen LogP contribution in [-0.4, -0.2) is 30.9 Å². The average molecular weight is 247 g/mol. The molecule has 18 heavy (non-hydrogen) atoms. The maximum atomic E-state index is 10.9. The highest BCUT2D eigenvalue weighted by atomic mass is 16.5. The number of carbonyl (C=O) groups excluding carboxylic acids is 1. The minimum atomic E-state index is 0.251. The lowest BCUT2D eigenvalue weighted by molar-refractivity contribution is -0.117. The molecule has 2 rings (SSSR count). The Bertz CT molecular complexity index is 429. The lowest BCUT2D eigenvalue weighted by atomic mass is 10.0. The van der Waals surface area contributed by atoms with Crippen LogP contribution in [-0.2, 0) is 17.8 Å². The van der Waals surface area contributed by atoms with Crippen molar-refractivity contribution >= 4 is 5.78 Å². The van der Waals surface area contributed by atoms with Crippen molar-refractivity contribution in [2.75, 3.05) is 20.2 Å². The van der Waals surface area contributed by atoms with Gasteiger partial charge >= 0.3 is 0 Å². The molecule has 3 nitrogen and oxygen atoms in total. The van der Waals surface area contributed by atoms with E-state index in [-0.39, 0.29) is 5.78 Å². The summed E-state index contributed by atoms with van der Waals surface area (Å²) >= 11 is 0. The fourth-order valence-corrected chi connectivity index (χ4v) is 2.25. The van der Waals surface area contributed by atoms with Gasteiger partial charge in [-0.25, -0.2) is 0 Å². The number of carbonyl (C=O) groups is 1. The lowest BCUT2D eigenvalue weighted by Crippen LogP contribution is -2.21. The van der Waals surface area contributed by atoms with Crippen LogP contribution in [0.25, 0.3) is 0 Å². The maximum absolute atomic E-state index is 10.9. The third kappa shape index (κ3) is 3.57. The first-order chi connectivity index (χ1) is 8.65. The van der Waals surface area contributed by atoms with Crippen LogP contribution in [0.1, 0.15) is 30.9 Å². The predicted octanol–water partition coefficient (Wildman–Crippen LogP) is 2.42. The van der Waals surface area contributed by atoms with E-state index in [0.29, 0.717) is 6.42 Å². The number of rotatable bonds is 5. The number of benzene rings is 1. The SMILES string of the molecule is CC(=O)CCN(C)Cc1ccc2c(c1)CCCO2. The van der Waals surface area contributed by atoms with Crippen molar-refractivity contribution < 1.29 is 9.53 Å². The van der Waals surface area contributed by atoms with Gasteiger partial charge in [0.2, 0.25) is 0 Å². The fraction of sp³-hybridized carbons (Fsp3) is 0.533. The van der Waals surface area contributed by atoms with E-state index in [4.69, 9.17) is 4.74 Å². The van der Waals surface area contributed by atoms with E-state index >= 15 is 0 Å². The molecule has 98 valence electrons. The van der Waals surface area contributed by atoms with Gasteiger partial charge in [0, 0.05) is 19.5 Å². The molecule has 0 saturated carbocycles. The van der Waals surface area contributed by atoms with E-state index in [9.17, 15) is 4.79 Å². The van der Waals surface area contributed by atoms with Crippen LogP contribution in [0.4, 0.5) is 0 Å². The Morgan fingerprint density at radius 1 is 1.44 bits per heavy atom. The first-order valence-electron chi connectivity index (χ1n) is 6.58. The standard InChI is InChI=1S/C15H21NO2/c1-12(17)7-8-16(2)11-13-5-6-15-14(10-13)4-3-9-18-15/h5-6,10H,3-4,7-9,11H2,1-2H3. The summed E-state index contributed by atoms with van der Waals surface area (Å²) in [6, 6.07) is 6.43. The Morgan fingerprint density at radius 2 is 2.28 bits per heavy atom. The van der Waals surface area contributed by atoms with Crippen LogP contribution in [0.2, 0.25) is 0 Å². The normalized spacial score (nSPS) is 14.2. The Hall–Kier alpha value is -1.35. The average Bonchev–Trinajstić information content (AvgIpc) is 2.36. The van der Waals surface area contributed by atoms with Crippen molar-refractivity contribution in [1.82, 2.24) is 4.90 Å². The van der Waals surface area contributed by atoms with Crippen LogP contribution in [0.5, 0.6) is 5.75 Å². The molecule has 0 radical (unpaired) electrons. The van der Waals surface area contributed by atoms with E-state index in [1.807, 2.05) is 0 Å². The molecule has 1 aliphatic heterocycles. The van der Waals surface area contributed by atoms with Gasteiger partial charge in [-0.05, 0) is 44.0 Å². The number of hydrogen-bond donors (Lipinski definition) is 0. The number of fused-ring (bicyclic) bond motifs is 1. The number of ether oxygens (including phenoxy) is 1. The zero-order valence-corrected chi connectivity index (χ0v) is 11.2. The van der Waals surface area contributed by atoms with E-state index in [1.165, 1.54) is 11.1 Å². The third-order valence-electron chi connectivity index (χ3n) is 3.27. The van der Waals surface area contributed by atoms with Crippen LogP contribution >= 0.6 is 0 Å². The van der Waals surface area contributed by atoms with E-state index < -0.39 is 0 Å². The van der Waals surface area contributed by atoms with E-state index in [0.717, 1.165) is 38.3 Å². The second kappa shape index (κ2) is 6.01. The highest BCUT2D eigenvalue weighted by Gasteiger charge is 2.11. The molecule has 0 aromatic heterocycles. The van der Waals surface area contributed by atoms with E-state index in [1.54, 1.807) is 6.92 Å². The summed E-state index contributed by atoms with van der Waals surface area (Å²) in [6.07, 6.45) is 2.85. The van der Waals surface area contributed by atoms with Gasteiger partial charge < -0.3 is 9.64 Å². The van der Waals surface area contributed by atoms with Crippen molar-refractivity contribution in [1.29, 1.82) is 0 Å². The molecular weight excluding hydrogens is 226 g/mol. The summed E-state index contributed by atoms with van der Waals surface area (Å²) in [6.45, 7) is 4.19. The van der Waals surface area contributed by atoms with Gasteiger partial charge in [0.1, 0.15) is 11.5 Å². The largest absolute Gasteiger partial charge is 0.493 e. The highest BCUT2D eigenvalue weighted by Crippen LogP contribution is 2.25. The van der Waals surface area contributed by atoms with Gasteiger partial charge in [0.15, 0.2) is 0 Å². The molecule has 1 aromatic carbocycles. The van der Waals surface area contributed by atoms with Crippen LogP contribution < -0.4 is 4.74 Å². The van der Waals surface area contributed by atoms with Crippen molar-refractivity contribution in [2.24, 2.45) is 0 Å². The molecule has 0 bridgehead atoms. The summed E-state index contributed by atoms with van der Waals surface area (Å²) < 4.78 is 5.60. The minimum absolute atomic E-state index is 0.251. The Kier molecular flexibility index (Phi) is 4.37. The molecule has 3 heteroatoms. The molecule has 0 atom stereocenters. The zero-order valence-electron chi connectivity index (χ0n) is 11.2. The fourth-order valence-electron chi connectivity index (χ4n) is 2.25. The van der Waals surface area contributed by atoms with E-state index in [2.05, 4.69) is 30.1 Å². The highest BCUT2D eigenvalue weighted by molar-refractivity contribution is 5.75. The first-order valence-corrected chi connectivity index (χ1v) is 6.58. The molecule has 0 unspecified atom stereocenters. The molecular formula is C15H21NO2. The van der Waals surface area contributed by atoms with Crippen molar-refractivity contribution in [3.8, 4) is 5.75 Å². The van der Waals surface area contributed by atoms with Gasteiger partial charge in [0.25, 0.3) is 0 Å². The summed E-state index contributed by atoms with van der Waals surface area (Å²) in [5.41, 5.74) is 2.61. The minimum Gasteiger partial charge on any atom is -0.493 e. The summed E-state index contributed by atoms with van der Waals surface area (Å²) in [5, 5.41) is 0. The molecule has 0 aliphatic carbocycles. The second-order valence-electron chi connectivity index (χ2n) is 5.08. The summed E-state index contributed by atoms with van der Waals surface area (Å²) in [5.74, 6) is 1.29. The number of nitrogens with zero attached hydrogens (tertiary/aromatic N) is 1. The van der Waals surface area contributed by atoms with Crippen LogP contribution in [0.15, 0.2) is 18.2 Å². The van der Waals surface area contributed by atoms with Gasteiger partial charge in [-0.1, -0.05) is 12.1 Å². The van der Waals surface area contributed by atoms with Gasteiger partial charge in [0.05, 0.1) is 6.61 Å². The molecule has 1 aliphatic rings. The summed E-state index contributed by atoms with van der Waals surface area (Å²) in [7, 11) is 2.05. The predicted molar refractivity (Wildman–Crippen MR) is 71.9 cm³/mol. The lowest BCUT2D eigenvalue weighted by Gasteiger charge is -2.20. The molecule has 1 aromatic rings. The Morgan fingerprint density at radius 3 is 3.06 bits per heavy atom. The van der Waals surface area contributed by atoms with Crippen LogP contribution in [0.3, 0.4) is 0 Å². The molecule has 0 N–H and O–H groups in total. The maximum Gasteiger partial charge on any atom is 0.131 e. The molecule has 0 spiro atoms. The van der Waals surface area contributed by atoms with Gasteiger partial charge in [-0.3, -0.25) is 4.79 Å². The number of hydrogen-bond acceptors (Lipinski definition) is 3. The van der Waals surface area contributed by atoms with Gasteiger partial charge in [-0.15, -0.1) is 0 Å². The Labute approximate surface area is 109 Å². The quantitative estimate of drug-likeness (QED) is 0.800. The first kappa shape index (κ1) is 13.1. The van der Waals surface area contributed by atoms with Gasteiger partial charge in [-0.2, -0.15) is 0 Å². The number of Topliss-reactive ketones (excluding diaryl/α,β-unsaturated/α-hetero) is 1. The third-order valence-corrected chi connectivity index (χ3v) is 3.27. The van der Waals surface area contributed by atoms with Crippen molar-refractivity contribution in [2.45, 2.75) is 32.7 Å².